The third-order valence-corrected chi connectivity index (χ3v) is 4.98. The highest BCUT2D eigenvalue weighted by molar-refractivity contribution is 14.0. The van der Waals surface area contributed by atoms with Gasteiger partial charge < -0.3 is 29.3 Å². The van der Waals surface area contributed by atoms with E-state index in [0.29, 0.717) is 48.6 Å². The predicted octanol–water partition coefficient (Wildman–Crippen LogP) is 4.20. The van der Waals surface area contributed by atoms with Gasteiger partial charge in [0.15, 0.2) is 17.5 Å². The maximum Gasteiger partial charge on any atom is 0.226 e. The van der Waals surface area contributed by atoms with Crippen molar-refractivity contribution in [3.05, 3.63) is 59.5 Å². The summed E-state index contributed by atoms with van der Waals surface area (Å²) in [5, 5.41) is 6.56. The lowest BCUT2D eigenvalue weighted by atomic mass is 10.1. The molecule has 0 unspecified atom stereocenters. The first kappa shape index (κ1) is 26.3. The Labute approximate surface area is 211 Å². The smallest absolute Gasteiger partial charge is 0.226 e. The van der Waals surface area contributed by atoms with Crippen LogP contribution in [0.15, 0.2) is 52.1 Å². The number of aromatic nitrogens is 1. The molecule has 8 nitrogen and oxygen atoms in total. The molecule has 0 saturated carbocycles. The Morgan fingerprint density at radius 1 is 0.970 bits per heavy atom. The third-order valence-electron chi connectivity index (χ3n) is 4.98. The average molecular weight is 566 g/mol. The Morgan fingerprint density at radius 3 is 2.33 bits per heavy atom. The molecule has 0 bridgehead atoms. The van der Waals surface area contributed by atoms with Gasteiger partial charge in [0.25, 0.3) is 0 Å². The fourth-order valence-electron chi connectivity index (χ4n) is 3.29. The van der Waals surface area contributed by atoms with Gasteiger partial charge >= 0.3 is 0 Å². The van der Waals surface area contributed by atoms with Crippen LogP contribution in [0.25, 0.3) is 11.5 Å². The minimum Gasteiger partial charge on any atom is -0.493 e. The van der Waals surface area contributed by atoms with Crippen LogP contribution in [-0.4, -0.2) is 45.9 Å². The summed E-state index contributed by atoms with van der Waals surface area (Å²) in [6.45, 7) is 3.20. The number of nitrogens with one attached hydrogen (secondary N) is 2. The van der Waals surface area contributed by atoms with Crippen molar-refractivity contribution in [1.82, 2.24) is 15.6 Å². The second kappa shape index (κ2) is 12.9. The van der Waals surface area contributed by atoms with Crippen LogP contribution in [0, 0.1) is 6.92 Å². The van der Waals surface area contributed by atoms with Crippen LogP contribution in [0.1, 0.15) is 16.8 Å². The van der Waals surface area contributed by atoms with E-state index in [0.717, 1.165) is 16.8 Å². The summed E-state index contributed by atoms with van der Waals surface area (Å²) in [4.78, 5) is 8.82. The van der Waals surface area contributed by atoms with Crippen LogP contribution in [-0.2, 0) is 13.0 Å². The van der Waals surface area contributed by atoms with Gasteiger partial charge in [-0.3, -0.25) is 4.99 Å². The number of hydrogen-bond donors (Lipinski definition) is 2. The molecule has 9 heteroatoms. The molecule has 0 aliphatic heterocycles. The van der Waals surface area contributed by atoms with Crippen LogP contribution >= 0.6 is 24.0 Å². The van der Waals surface area contributed by atoms with Gasteiger partial charge in [-0.15, -0.1) is 24.0 Å². The van der Waals surface area contributed by atoms with Crippen LogP contribution in [0.5, 0.6) is 17.2 Å². The molecular formula is C24H31IN4O4. The van der Waals surface area contributed by atoms with Crippen molar-refractivity contribution in [2.75, 3.05) is 34.9 Å². The third kappa shape index (κ3) is 6.77. The van der Waals surface area contributed by atoms with E-state index in [1.165, 1.54) is 5.56 Å². The fraction of sp³-hybridized carbons (Fsp3) is 0.333. The first-order valence-electron chi connectivity index (χ1n) is 10.3. The van der Waals surface area contributed by atoms with Gasteiger partial charge in [0.1, 0.15) is 6.26 Å². The van der Waals surface area contributed by atoms with Crippen molar-refractivity contribution in [1.29, 1.82) is 0 Å². The Balaban J connectivity index is 0.00000385. The molecule has 3 aromatic rings. The van der Waals surface area contributed by atoms with E-state index in [4.69, 9.17) is 18.6 Å². The van der Waals surface area contributed by atoms with Gasteiger partial charge in [0.05, 0.1) is 33.6 Å². The zero-order valence-corrected chi connectivity index (χ0v) is 21.9. The lowest BCUT2D eigenvalue weighted by Crippen LogP contribution is -2.38. The summed E-state index contributed by atoms with van der Waals surface area (Å²) in [5.41, 5.74) is 3.95. The lowest BCUT2D eigenvalue weighted by Gasteiger charge is -2.16. The first-order chi connectivity index (χ1) is 15.6. The number of oxazole rings is 1. The number of ether oxygens (including phenoxy) is 3. The Bertz CT molecular complexity index is 1050. The van der Waals surface area contributed by atoms with Crippen molar-refractivity contribution >= 4 is 29.9 Å². The number of hydrogen-bond acceptors (Lipinski definition) is 6. The molecule has 178 valence electrons. The second-order valence-electron chi connectivity index (χ2n) is 7.11. The van der Waals surface area contributed by atoms with Gasteiger partial charge in [-0.2, -0.15) is 0 Å². The standard InChI is InChI=1S/C24H30N4O4.HI/c1-16-6-8-18(9-7-16)23-28-19(15-32-23)14-27-24(25-2)26-13-12-17-10-11-20(29-3)22(31-5)21(17)30-4;/h6-11,15H,12-14H2,1-5H3,(H2,25,26,27);1H. The number of nitrogens with zero attached hydrogens (tertiary/aromatic N) is 2. The van der Waals surface area contributed by atoms with E-state index in [9.17, 15) is 0 Å². The van der Waals surface area contributed by atoms with Crippen LogP contribution in [0.2, 0.25) is 0 Å². The van der Waals surface area contributed by atoms with E-state index in [1.54, 1.807) is 34.6 Å². The average Bonchev–Trinajstić information content (AvgIpc) is 3.30. The molecule has 0 fully saturated rings. The van der Waals surface area contributed by atoms with E-state index in [-0.39, 0.29) is 24.0 Å². The summed E-state index contributed by atoms with van der Waals surface area (Å²) in [5.74, 6) is 3.17. The molecule has 2 N–H and O–H groups in total. The highest BCUT2D eigenvalue weighted by Gasteiger charge is 2.15. The number of halogens is 1. The largest absolute Gasteiger partial charge is 0.493 e. The number of benzene rings is 2. The van der Waals surface area contributed by atoms with Gasteiger partial charge in [-0.05, 0) is 31.5 Å². The molecule has 0 saturated heterocycles. The molecule has 0 radical (unpaired) electrons. The second-order valence-corrected chi connectivity index (χ2v) is 7.11. The molecule has 0 atom stereocenters. The Morgan fingerprint density at radius 2 is 1.70 bits per heavy atom. The maximum atomic E-state index is 5.61. The predicted molar refractivity (Wildman–Crippen MR) is 140 cm³/mol. The van der Waals surface area contributed by atoms with E-state index in [2.05, 4.69) is 27.5 Å². The van der Waals surface area contributed by atoms with Gasteiger partial charge in [0.2, 0.25) is 11.6 Å². The number of aliphatic imine (C=N–C) groups is 1. The van der Waals surface area contributed by atoms with Crippen molar-refractivity contribution in [3.8, 4) is 28.7 Å². The quantitative estimate of drug-likeness (QED) is 0.228. The monoisotopic (exact) mass is 566 g/mol. The molecule has 0 aliphatic carbocycles. The molecular weight excluding hydrogens is 535 g/mol. The molecule has 1 aromatic heterocycles. The van der Waals surface area contributed by atoms with Gasteiger partial charge in [-0.1, -0.05) is 23.8 Å². The number of guanidine groups is 1. The summed E-state index contributed by atoms with van der Waals surface area (Å²) in [6, 6.07) is 11.9. The van der Waals surface area contributed by atoms with Crippen molar-refractivity contribution in [2.24, 2.45) is 4.99 Å². The molecule has 1 heterocycles. The van der Waals surface area contributed by atoms with E-state index >= 15 is 0 Å². The summed E-state index contributed by atoms with van der Waals surface area (Å²) >= 11 is 0. The van der Waals surface area contributed by atoms with Crippen molar-refractivity contribution in [3.63, 3.8) is 0 Å². The Hall–Kier alpha value is -2.95. The van der Waals surface area contributed by atoms with Crippen molar-refractivity contribution in [2.45, 2.75) is 19.9 Å². The molecule has 3 rings (SSSR count). The zero-order chi connectivity index (χ0) is 22.9. The fourth-order valence-corrected chi connectivity index (χ4v) is 3.29. The highest BCUT2D eigenvalue weighted by Crippen LogP contribution is 2.39. The Kier molecular flexibility index (Phi) is 10.3. The molecule has 33 heavy (non-hydrogen) atoms. The van der Waals surface area contributed by atoms with Gasteiger partial charge in [0, 0.05) is 24.7 Å². The highest BCUT2D eigenvalue weighted by atomic mass is 127. The maximum absolute atomic E-state index is 5.61. The SMILES string of the molecule is CN=C(NCCc1ccc(OC)c(OC)c1OC)NCc1coc(-c2ccc(C)cc2)n1.I. The molecule has 0 amide bonds. The minimum atomic E-state index is 0. The molecule has 0 aliphatic rings. The number of rotatable bonds is 9. The summed E-state index contributed by atoms with van der Waals surface area (Å²) < 4.78 is 22.0. The topological polar surface area (TPSA) is 90.1 Å². The van der Waals surface area contributed by atoms with Gasteiger partial charge in [-0.25, -0.2) is 4.98 Å². The summed E-state index contributed by atoms with van der Waals surface area (Å²) in [7, 11) is 6.56. The molecule has 0 spiro atoms. The van der Waals surface area contributed by atoms with Crippen molar-refractivity contribution < 1.29 is 18.6 Å². The molecule has 2 aromatic carbocycles. The number of methoxy groups -OCH3 is 3. The van der Waals surface area contributed by atoms with Crippen LogP contribution in [0.4, 0.5) is 0 Å². The van der Waals surface area contributed by atoms with E-state index < -0.39 is 0 Å². The zero-order valence-electron chi connectivity index (χ0n) is 19.6. The van der Waals surface area contributed by atoms with Crippen LogP contribution < -0.4 is 24.8 Å². The normalized spacial score (nSPS) is 10.9. The van der Waals surface area contributed by atoms with E-state index in [1.807, 2.05) is 36.4 Å². The summed E-state index contributed by atoms with van der Waals surface area (Å²) in [6.07, 6.45) is 2.37. The number of aryl methyl sites for hydroxylation is 1. The van der Waals surface area contributed by atoms with Crippen LogP contribution in [0.3, 0.4) is 0 Å². The first-order valence-corrected chi connectivity index (χ1v) is 10.3. The minimum absolute atomic E-state index is 0. The lowest BCUT2D eigenvalue weighted by molar-refractivity contribution is 0.322.